The molecule has 0 saturated heterocycles. The molecule has 1 aromatic carbocycles. The first-order valence-corrected chi connectivity index (χ1v) is 7.38. The van der Waals surface area contributed by atoms with Crippen LogP contribution in [0.25, 0.3) is 0 Å². The van der Waals surface area contributed by atoms with E-state index in [1.54, 1.807) is 0 Å². The molecular weight excluding hydrogens is 250 g/mol. The molecule has 3 heteroatoms. The molecule has 1 aromatic rings. The van der Waals surface area contributed by atoms with Crippen LogP contribution < -0.4 is 10.1 Å². The minimum atomic E-state index is -0.335. The van der Waals surface area contributed by atoms with Gasteiger partial charge in [-0.1, -0.05) is 39.0 Å². The Labute approximate surface area is 122 Å². The van der Waals surface area contributed by atoms with Crippen LogP contribution in [-0.4, -0.2) is 23.4 Å². The van der Waals surface area contributed by atoms with Gasteiger partial charge in [0.2, 0.25) is 0 Å². The molecule has 0 spiro atoms. The number of aliphatic hydroxyl groups excluding tert-OH is 1. The van der Waals surface area contributed by atoms with Crippen molar-refractivity contribution in [2.75, 3.05) is 6.54 Å². The zero-order chi connectivity index (χ0) is 15.0. The molecule has 1 aliphatic heterocycles. The van der Waals surface area contributed by atoms with E-state index in [9.17, 15) is 5.11 Å². The molecule has 0 aromatic heterocycles. The highest BCUT2D eigenvalue weighted by molar-refractivity contribution is 5.42. The van der Waals surface area contributed by atoms with Gasteiger partial charge in [-0.3, -0.25) is 0 Å². The van der Waals surface area contributed by atoms with Crippen molar-refractivity contribution in [1.29, 1.82) is 0 Å². The Balaban J connectivity index is 2.02. The van der Waals surface area contributed by atoms with E-state index in [2.05, 4.69) is 46.0 Å². The van der Waals surface area contributed by atoms with Gasteiger partial charge in [-0.05, 0) is 31.7 Å². The fourth-order valence-electron chi connectivity index (χ4n) is 2.92. The molecule has 1 heterocycles. The molecule has 0 saturated carbocycles. The summed E-state index contributed by atoms with van der Waals surface area (Å²) >= 11 is 0. The largest absolute Gasteiger partial charge is 0.486 e. The van der Waals surface area contributed by atoms with E-state index in [1.165, 1.54) is 5.56 Å². The maximum absolute atomic E-state index is 10.2. The summed E-state index contributed by atoms with van der Waals surface area (Å²) in [7, 11) is 0. The summed E-state index contributed by atoms with van der Waals surface area (Å²) in [5, 5.41) is 13.6. The van der Waals surface area contributed by atoms with Crippen molar-refractivity contribution in [2.45, 2.75) is 58.8 Å². The summed E-state index contributed by atoms with van der Waals surface area (Å²) in [6, 6.07) is 8.24. The second kappa shape index (κ2) is 5.38. The van der Waals surface area contributed by atoms with Crippen LogP contribution in [0.2, 0.25) is 0 Å². The van der Waals surface area contributed by atoms with E-state index >= 15 is 0 Å². The highest BCUT2D eigenvalue weighted by Gasteiger charge is 2.40. The number of ether oxygens (including phenoxy) is 1. The van der Waals surface area contributed by atoms with E-state index in [0.717, 1.165) is 12.2 Å². The smallest absolute Gasteiger partial charge is 0.125 e. The molecule has 0 radical (unpaired) electrons. The Kier molecular flexibility index (Phi) is 4.12. The van der Waals surface area contributed by atoms with Crippen LogP contribution in [0.15, 0.2) is 24.3 Å². The third-order valence-corrected chi connectivity index (χ3v) is 3.70. The number of hydrogen-bond acceptors (Lipinski definition) is 3. The summed E-state index contributed by atoms with van der Waals surface area (Å²) < 4.78 is 6.00. The maximum Gasteiger partial charge on any atom is 0.125 e. The van der Waals surface area contributed by atoms with E-state index in [4.69, 9.17) is 4.74 Å². The second-order valence-electron chi connectivity index (χ2n) is 7.50. The normalized spacial score (nSPS) is 22.2. The van der Waals surface area contributed by atoms with Crippen molar-refractivity contribution in [2.24, 2.45) is 5.41 Å². The van der Waals surface area contributed by atoms with Crippen LogP contribution >= 0.6 is 0 Å². The number of nitrogens with one attached hydrogen (secondary N) is 1. The lowest BCUT2D eigenvalue weighted by Crippen LogP contribution is -2.42. The second-order valence-corrected chi connectivity index (χ2v) is 7.50. The summed E-state index contributed by atoms with van der Waals surface area (Å²) in [5.41, 5.74) is 1.03. The predicted molar refractivity (Wildman–Crippen MR) is 82.0 cm³/mol. The molecule has 2 atom stereocenters. The number of para-hydroxylation sites is 1. The Bertz CT molecular complexity index is 462. The minimum absolute atomic E-state index is 0.119. The van der Waals surface area contributed by atoms with Crippen LogP contribution in [0.5, 0.6) is 5.75 Å². The molecule has 20 heavy (non-hydrogen) atoms. The highest BCUT2D eigenvalue weighted by Crippen LogP contribution is 2.42. The van der Waals surface area contributed by atoms with Gasteiger partial charge in [0.05, 0.1) is 12.1 Å². The Hall–Kier alpha value is -1.06. The standard InChI is InChI=1S/C17H27NO2/c1-16(2,3)10-12(19)11-18-15-13-8-6-7-9-14(13)20-17(15,4)5/h6-9,12,15,18-19H,10-11H2,1-5H3. The fraction of sp³-hybridized carbons (Fsp3) is 0.647. The average molecular weight is 277 g/mol. The number of hydrogen-bond donors (Lipinski definition) is 2. The number of rotatable bonds is 4. The third kappa shape index (κ3) is 3.53. The van der Waals surface area contributed by atoms with Gasteiger partial charge in [0, 0.05) is 12.1 Å². The average Bonchev–Trinajstić information content (AvgIpc) is 2.53. The molecule has 2 rings (SSSR count). The van der Waals surface area contributed by atoms with Crippen molar-refractivity contribution in [3.8, 4) is 5.75 Å². The summed E-state index contributed by atoms with van der Waals surface area (Å²) in [5.74, 6) is 0.945. The molecular formula is C17H27NO2. The van der Waals surface area contributed by atoms with Crippen molar-refractivity contribution in [3.63, 3.8) is 0 Å². The molecule has 112 valence electrons. The zero-order valence-corrected chi connectivity index (χ0v) is 13.2. The van der Waals surface area contributed by atoms with Crippen molar-refractivity contribution >= 4 is 0 Å². The van der Waals surface area contributed by atoms with E-state index in [-0.39, 0.29) is 23.2 Å². The van der Waals surface area contributed by atoms with Crippen molar-refractivity contribution in [3.05, 3.63) is 29.8 Å². The molecule has 3 nitrogen and oxygen atoms in total. The molecule has 0 bridgehead atoms. The van der Waals surface area contributed by atoms with Gasteiger partial charge in [-0.2, -0.15) is 0 Å². The Morgan fingerprint density at radius 3 is 2.60 bits per heavy atom. The lowest BCUT2D eigenvalue weighted by Gasteiger charge is -2.29. The highest BCUT2D eigenvalue weighted by atomic mass is 16.5. The van der Waals surface area contributed by atoms with Gasteiger partial charge in [-0.25, -0.2) is 0 Å². The van der Waals surface area contributed by atoms with Crippen LogP contribution in [0.3, 0.4) is 0 Å². The lowest BCUT2D eigenvalue weighted by molar-refractivity contribution is 0.0762. The molecule has 1 aliphatic rings. The quantitative estimate of drug-likeness (QED) is 0.887. The van der Waals surface area contributed by atoms with E-state index in [1.807, 2.05) is 18.2 Å². The van der Waals surface area contributed by atoms with Crippen molar-refractivity contribution in [1.82, 2.24) is 5.32 Å². The van der Waals surface area contributed by atoms with Crippen LogP contribution in [0.1, 0.15) is 52.6 Å². The van der Waals surface area contributed by atoms with Crippen LogP contribution in [0, 0.1) is 5.41 Å². The first-order valence-electron chi connectivity index (χ1n) is 7.38. The van der Waals surface area contributed by atoms with Gasteiger partial charge in [0.1, 0.15) is 11.4 Å². The van der Waals surface area contributed by atoms with Gasteiger partial charge >= 0.3 is 0 Å². The third-order valence-electron chi connectivity index (χ3n) is 3.70. The summed E-state index contributed by atoms with van der Waals surface area (Å²) in [6.07, 6.45) is 0.453. The Morgan fingerprint density at radius 1 is 1.30 bits per heavy atom. The van der Waals surface area contributed by atoms with Crippen LogP contribution in [-0.2, 0) is 0 Å². The lowest BCUT2D eigenvalue weighted by atomic mass is 9.88. The molecule has 0 amide bonds. The number of benzene rings is 1. The van der Waals surface area contributed by atoms with Crippen molar-refractivity contribution < 1.29 is 9.84 Å². The number of fused-ring (bicyclic) bond motifs is 1. The maximum atomic E-state index is 10.2. The minimum Gasteiger partial charge on any atom is -0.486 e. The first kappa shape index (κ1) is 15.3. The van der Waals surface area contributed by atoms with Gasteiger partial charge < -0.3 is 15.2 Å². The topological polar surface area (TPSA) is 41.5 Å². The summed E-state index contributed by atoms with van der Waals surface area (Å²) in [4.78, 5) is 0. The Morgan fingerprint density at radius 2 is 1.95 bits per heavy atom. The van der Waals surface area contributed by atoms with Gasteiger partial charge in [0.15, 0.2) is 0 Å². The molecule has 2 N–H and O–H groups in total. The first-order chi connectivity index (χ1) is 9.19. The molecule has 0 fully saturated rings. The predicted octanol–water partition coefficient (Wildman–Crippen LogP) is 3.29. The van der Waals surface area contributed by atoms with E-state index < -0.39 is 0 Å². The molecule has 0 aliphatic carbocycles. The fourth-order valence-corrected chi connectivity index (χ4v) is 2.92. The van der Waals surface area contributed by atoms with Gasteiger partial charge in [-0.15, -0.1) is 0 Å². The monoisotopic (exact) mass is 277 g/mol. The zero-order valence-electron chi connectivity index (χ0n) is 13.2. The van der Waals surface area contributed by atoms with Crippen LogP contribution in [0.4, 0.5) is 0 Å². The number of aliphatic hydroxyl groups is 1. The van der Waals surface area contributed by atoms with Gasteiger partial charge in [0.25, 0.3) is 0 Å². The summed E-state index contributed by atoms with van der Waals surface area (Å²) in [6.45, 7) is 11.2. The molecule has 2 unspecified atom stereocenters. The van der Waals surface area contributed by atoms with E-state index in [0.29, 0.717) is 6.54 Å². The SMILES string of the molecule is CC(C)(C)CC(O)CNC1c2ccccc2OC1(C)C.